The van der Waals surface area contributed by atoms with Crippen molar-refractivity contribution in [1.29, 1.82) is 0 Å². The molecule has 0 radical (unpaired) electrons. The average Bonchev–Trinajstić information content (AvgIpc) is 1.47. The standard InChI is InChI=1S/C57H40N2O2.C19H15NO.C7H15NO4/c1-60-20-21-61-19-18-58-28-41-39-26-34-24-32-22-30-12-13-31-23-33-25-35-27-40(50-49(39)53-46(34)44(32)51-42(30)43(31)52-45(33)47(35)54(50)56(53)55(51)52)48(41)57(58)29-14-16-38(17-15-29)59(36-8-4-2-5-9-36)37-10-6-3-7-11-37;21-15-16-11-13-19(14-12-16)20(17-7-3-1-4-8-17)18-9-5-2-6-10-18;1-10-4-5-11-3-2-8-6-12-7-9/h2-17,22-23,26-27,41,48,57H,18-21,24-25,28H2,1H3;1-15H;7-8H,2-6H2,1H3. The van der Waals surface area contributed by atoms with Crippen LogP contribution in [0.4, 0.5) is 34.1 Å². The molecule has 0 amide bonds. The molecule has 0 spiro atoms. The first kappa shape index (κ1) is 58.0. The van der Waals surface area contributed by atoms with Gasteiger partial charge in [-0.15, -0.1) is 0 Å². The zero-order valence-corrected chi connectivity index (χ0v) is 52.7. The van der Waals surface area contributed by atoms with Gasteiger partial charge >= 0.3 is 0 Å². The van der Waals surface area contributed by atoms with Crippen LogP contribution in [0.1, 0.15) is 67.2 Å². The van der Waals surface area contributed by atoms with Crippen molar-refractivity contribution in [2.75, 3.05) is 90.0 Å². The van der Waals surface area contributed by atoms with E-state index < -0.39 is 0 Å². The Morgan fingerprint density at radius 2 is 0.862 bits per heavy atom. The van der Waals surface area contributed by atoms with E-state index in [0.29, 0.717) is 70.1 Å². The van der Waals surface area contributed by atoms with Gasteiger partial charge in [0.05, 0.1) is 39.6 Å². The summed E-state index contributed by atoms with van der Waals surface area (Å²) >= 11 is 0. The molecule has 1 aliphatic heterocycles. The smallest absolute Gasteiger partial charge is 0.294 e. The van der Waals surface area contributed by atoms with Crippen LogP contribution in [0, 0.1) is 0 Å². The predicted octanol–water partition coefficient (Wildman–Crippen LogP) is 17.6. The molecule has 15 aromatic carbocycles. The van der Waals surface area contributed by atoms with Gasteiger partial charge < -0.3 is 33.5 Å². The largest absolute Gasteiger partial charge is 0.452 e. The van der Waals surface area contributed by atoms with E-state index in [4.69, 9.17) is 18.9 Å². The molecule has 15 aromatic rings. The summed E-state index contributed by atoms with van der Waals surface area (Å²) in [7, 11) is 3.38. The highest BCUT2D eigenvalue weighted by Gasteiger charge is 2.50. The van der Waals surface area contributed by atoms with E-state index in [9.17, 15) is 9.59 Å². The molecule has 11 heteroatoms. The minimum atomic E-state index is 0.208. The Morgan fingerprint density at radius 1 is 0.436 bits per heavy atom. The fraction of sp³-hybridized carbons (Fsp3) is 0.205. The Morgan fingerprint density at radius 3 is 1.34 bits per heavy atom. The summed E-state index contributed by atoms with van der Waals surface area (Å²) in [5.74, 6) is 0.706. The van der Waals surface area contributed by atoms with Crippen LogP contribution >= 0.6 is 0 Å². The quantitative estimate of drug-likeness (QED) is 0.0287. The third kappa shape index (κ3) is 9.31. The normalized spacial score (nSPS) is 16.0. The molecule has 4 aliphatic rings. The molecular weight excluding hydrogens is 1160 g/mol. The van der Waals surface area contributed by atoms with Gasteiger partial charge in [-0.1, -0.05) is 121 Å². The van der Waals surface area contributed by atoms with Gasteiger partial charge in [0.25, 0.3) is 6.47 Å². The number of para-hydroxylation sites is 4. The third-order valence-corrected chi connectivity index (χ3v) is 20.5. The molecule has 11 nitrogen and oxygen atoms in total. The number of rotatable bonds is 23. The van der Waals surface area contributed by atoms with Crippen LogP contribution in [0.2, 0.25) is 0 Å². The Bertz CT molecular complexity index is 5070. The van der Waals surface area contributed by atoms with Crippen molar-refractivity contribution in [3.05, 3.63) is 251 Å². The van der Waals surface area contributed by atoms with E-state index in [1.807, 2.05) is 60.7 Å². The van der Waals surface area contributed by atoms with Gasteiger partial charge in [0.15, 0.2) is 0 Å². The monoisotopic (exact) mass is 1230 g/mol. The summed E-state index contributed by atoms with van der Waals surface area (Å²) in [5.41, 5.74) is 18.1. The van der Waals surface area contributed by atoms with Crippen LogP contribution in [-0.4, -0.2) is 97.9 Å². The summed E-state index contributed by atoms with van der Waals surface area (Å²) in [4.78, 5) is 27.8. The van der Waals surface area contributed by atoms with Crippen molar-refractivity contribution in [1.82, 2.24) is 10.2 Å². The maximum atomic E-state index is 10.8. The lowest BCUT2D eigenvalue weighted by Gasteiger charge is -2.33. The topological polar surface area (TPSA) is 102 Å². The molecular formula is C83H70N4O7. The Labute approximate surface area is 545 Å². The maximum Gasteiger partial charge on any atom is 0.294 e. The van der Waals surface area contributed by atoms with Crippen LogP contribution in [0.25, 0.3) is 86.2 Å². The summed E-state index contributed by atoms with van der Waals surface area (Å²) in [6.45, 7) is 6.90. The molecule has 1 fully saturated rings. The van der Waals surface area contributed by atoms with Gasteiger partial charge in [0.2, 0.25) is 0 Å². The van der Waals surface area contributed by atoms with Crippen molar-refractivity contribution in [3.63, 3.8) is 0 Å². The lowest BCUT2D eigenvalue weighted by atomic mass is 9.71. The molecule has 0 saturated carbocycles. The summed E-state index contributed by atoms with van der Waals surface area (Å²) in [5, 5.41) is 27.6. The van der Waals surface area contributed by atoms with Gasteiger partial charge in [-0.05, 0) is 223 Å². The SMILES string of the molecule is COCCOCCN1CC2c3cc4c5c6c(cc7ccc8cc9c%10c%11c(cc(c%12c3c5c(c%12%11)c3c6c7c8c%103)C2C1c1ccc(N(c2ccccc2)c2ccccc2)cc1)C9)C4.COCCOCCNCOC=O.O=Cc1ccc(N(c2ccccc2)c2ccccc2)cc1. The van der Waals surface area contributed by atoms with Crippen LogP contribution in [0.5, 0.6) is 0 Å². The molecule has 0 aromatic heterocycles. The minimum Gasteiger partial charge on any atom is -0.452 e. The van der Waals surface area contributed by atoms with Crippen molar-refractivity contribution >= 4 is 133 Å². The van der Waals surface area contributed by atoms with Crippen molar-refractivity contribution in [2.24, 2.45) is 0 Å². The molecule has 94 heavy (non-hydrogen) atoms. The summed E-state index contributed by atoms with van der Waals surface area (Å²) in [6, 6.07) is 74.7. The van der Waals surface area contributed by atoms with Crippen molar-refractivity contribution in [2.45, 2.75) is 30.7 Å². The first-order chi connectivity index (χ1) is 46.5. The number of carbonyl (C=O) groups excluding carboxylic acids is 2. The molecule has 1 heterocycles. The van der Waals surface area contributed by atoms with Crippen LogP contribution < -0.4 is 15.1 Å². The Kier molecular flexibility index (Phi) is 15.0. The number of methoxy groups -OCH3 is 2. The highest BCUT2D eigenvalue weighted by molar-refractivity contribution is 6.58. The van der Waals surface area contributed by atoms with Crippen LogP contribution in [-0.2, 0) is 41.3 Å². The minimum absolute atomic E-state index is 0.208. The first-order valence-corrected chi connectivity index (χ1v) is 32.9. The number of hydrogen-bond acceptors (Lipinski definition) is 11. The second-order valence-corrected chi connectivity index (χ2v) is 25.4. The van der Waals surface area contributed by atoms with Crippen LogP contribution in [0.3, 0.4) is 0 Å². The van der Waals surface area contributed by atoms with Gasteiger partial charge in [0.1, 0.15) is 13.0 Å². The highest BCUT2D eigenvalue weighted by Crippen LogP contribution is 2.67. The molecule has 3 atom stereocenters. The number of carbonyl (C=O) groups is 2. The molecule has 3 aliphatic carbocycles. The second-order valence-electron chi connectivity index (χ2n) is 25.4. The average molecular weight is 1240 g/mol. The number of likely N-dealkylation sites (tertiary alicyclic amines) is 1. The molecule has 1 saturated heterocycles. The fourth-order valence-electron chi connectivity index (χ4n) is 16.9. The molecule has 19 rings (SSSR count). The highest BCUT2D eigenvalue weighted by atomic mass is 16.5. The lowest BCUT2D eigenvalue weighted by molar-refractivity contribution is -0.129. The third-order valence-electron chi connectivity index (χ3n) is 20.5. The summed E-state index contributed by atoms with van der Waals surface area (Å²) < 4.78 is 25.9. The number of aldehydes is 1. The van der Waals surface area contributed by atoms with E-state index in [2.05, 4.69) is 170 Å². The van der Waals surface area contributed by atoms with Gasteiger partial charge in [-0.25, -0.2) is 0 Å². The van der Waals surface area contributed by atoms with E-state index in [0.717, 1.165) is 60.7 Å². The van der Waals surface area contributed by atoms with Crippen molar-refractivity contribution in [3.8, 4) is 0 Å². The number of nitrogens with one attached hydrogen (secondary N) is 1. The number of ether oxygens (including phenoxy) is 5. The number of anilines is 6. The summed E-state index contributed by atoms with van der Waals surface area (Å²) in [6.07, 6.45) is 2.91. The van der Waals surface area contributed by atoms with E-state index in [-0.39, 0.29) is 12.8 Å². The van der Waals surface area contributed by atoms with Gasteiger partial charge in [-0.3, -0.25) is 19.8 Å². The van der Waals surface area contributed by atoms with E-state index >= 15 is 0 Å². The van der Waals surface area contributed by atoms with Gasteiger partial charge in [0, 0.05) is 91.4 Å². The number of hydrogen-bond donors (Lipinski definition) is 1. The van der Waals surface area contributed by atoms with Gasteiger partial charge in [-0.2, -0.15) is 0 Å². The lowest BCUT2D eigenvalue weighted by Crippen LogP contribution is -2.29. The molecule has 1 N–H and O–H groups in total. The molecule has 464 valence electrons. The molecule has 3 unspecified atom stereocenters. The van der Waals surface area contributed by atoms with Crippen LogP contribution in [0.15, 0.2) is 206 Å². The Balaban J connectivity index is 0.000000168. The predicted molar refractivity (Wildman–Crippen MR) is 381 cm³/mol. The number of nitrogens with zero attached hydrogens (tertiary/aromatic N) is 3. The van der Waals surface area contributed by atoms with Crippen molar-refractivity contribution < 1.29 is 33.3 Å². The zero-order valence-electron chi connectivity index (χ0n) is 52.7. The maximum absolute atomic E-state index is 10.8. The fourth-order valence-corrected chi connectivity index (χ4v) is 16.9. The number of benzene rings is 13. The van der Waals surface area contributed by atoms with E-state index in [1.165, 1.54) is 43.9 Å². The Hall–Kier alpha value is -9.82. The molecule has 0 bridgehead atoms. The second kappa shape index (κ2) is 24.3. The first-order valence-electron chi connectivity index (χ1n) is 32.9. The van der Waals surface area contributed by atoms with E-state index in [1.54, 1.807) is 101 Å². The number of fused-ring (bicyclic) bond motifs is 3. The zero-order chi connectivity index (χ0) is 63.0.